The van der Waals surface area contributed by atoms with E-state index in [0.29, 0.717) is 6.04 Å². The maximum atomic E-state index is 4.46. The van der Waals surface area contributed by atoms with E-state index in [0.717, 1.165) is 23.1 Å². The highest BCUT2D eigenvalue weighted by molar-refractivity contribution is 5.62. The monoisotopic (exact) mass is 311 g/mol. The van der Waals surface area contributed by atoms with Gasteiger partial charge in [-0.2, -0.15) is 0 Å². The van der Waals surface area contributed by atoms with Crippen LogP contribution in [0.1, 0.15) is 32.5 Å². The molecule has 1 fully saturated rings. The minimum Gasteiger partial charge on any atom is -0.372 e. The van der Waals surface area contributed by atoms with Gasteiger partial charge < -0.3 is 15.5 Å². The fourth-order valence-corrected chi connectivity index (χ4v) is 2.88. The van der Waals surface area contributed by atoms with Crippen LogP contribution >= 0.6 is 0 Å². The van der Waals surface area contributed by atoms with E-state index in [2.05, 4.69) is 63.6 Å². The van der Waals surface area contributed by atoms with E-state index in [9.17, 15) is 0 Å². The molecule has 1 saturated heterocycles. The first-order valence-corrected chi connectivity index (χ1v) is 8.34. The van der Waals surface area contributed by atoms with Gasteiger partial charge in [-0.25, -0.2) is 9.97 Å². The molecule has 23 heavy (non-hydrogen) atoms. The van der Waals surface area contributed by atoms with Crippen molar-refractivity contribution >= 4 is 23.0 Å². The predicted octanol–water partition coefficient (Wildman–Crippen LogP) is 3.95. The summed E-state index contributed by atoms with van der Waals surface area (Å²) in [4.78, 5) is 11.3. The van der Waals surface area contributed by atoms with Gasteiger partial charge in [0.15, 0.2) is 0 Å². The van der Waals surface area contributed by atoms with Crippen molar-refractivity contribution in [1.29, 1.82) is 0 Å². The molecule has 1 aliphatic rings. The minimum absolute atomic E-state index is 0.344. The maximum absolute atomic E-state index is 4.46. The molecule has 1 aromatic heterocycles. The zero-order chi connectivity index (χ0) is 16.2. The van der Waals surface area contributed by atoms with Gasteiger partial charge in [0.05, 0.1) is 0 Å². The summed E-state index contributed by atoms with van der Waals surface area (Å²) in [5.41, 5.74) is 2.34. The second-order valence-corrected chi connectivity index (χ2v) is 6.35. The summed E-state index contributed by atoms with van der Waals surface area (Å²) in [6, 6.07) is 10.9. The molecule has 2 aromatic rings. The number of aromatic nitrogens is 2. The summed E-state index contributed by atoms with van der Waals surface area (Å²) < 4.78 is 0. The highest BCUT2D eigenvalue weighted by Gasteiger charge is 2.12. The van der Waals surface area contributed by atoms with Crippen molar-refractivity contribution in [3.63, 3.8) is 0 Å². The zero-order valence-electron chi connectivity index (χ0n) is 14.1. The Morgan fingerprint density at radius 1 is 1.00 bits per heavy atom. The van der Waals surface area contributed by atoms with E-state index in [1.165, 1.54) is 31.6 Å². The smallest absolute Gasteiger partial charge is 0.136 e. The SMILES string of the molecule is Cc1nc(Nc2ccc(N3CCCC3)cc2)cc(NC(C)C)n1. The number of nitrogens with zero attached hydrogens (tertiary/aromatic N) is 3. The fraction of sp³-hybridized carbons (Fsp3) is 0.444. The first-order valence-electron chi connectivity index (χ1n) is 8.34. The lowest BCUT2D eigenvalue weighted by Crippen LogP contribution is -2.17. The third kappa shape index (κ3) is 4.12. The molecule has 0 aliphatic carbocycles. The quantitative estimate of drug-likeness (QED) is 0.875. The van der Waals surface area contributed by atoms with Crippen LogP contribution in [0.3, 0.4) is 0 Å². The molecule has 2 N–H and O–H groups in total. The summed E-state index contributed by atoms with van der Waals surface area (Å²) >= 11 is 0. The number of anilines is 4. The Kier molecular flexibility index (Phi) is 4.65. The van der Waals surface area contributed by atoms with Gasteiger partial charge in [-0.05, 0) is 57.9 Å². The normalized spacial score (nSPS) is 14.3. The van der Waals surface area contributed by atoms with Crippen molar-refractivity contribution in [2.24, 2.45) is 0 Å². The van der Waals surface area contributed by atoms with E-state index in [4.69, 9.17) is 0 Å². The first kappa shape index (κ1) is 15.6. The molecule has 0 amide bonds. The Bertz CT molecular complexity index is 645. The Balaban J connectivity index is 1.72. The number of aryl methyl sites for hydroxylation is 1. The van der Waals surface area contributed by atoms with Crippen LogP contribution < -0.4 is 15.5 Å². The molecule has 0 radical (unpaired) electrons. The predicted molar refractivity (Wildman–Crippen MR) is 96.7 cm³/mol. The molecular formula is C18H25N5. The van der Waals surface area contributed by atoms with Crippen molar-refractivity contribution < 1.29 is 0 Å². The van der Waals surface area contributed by atoms with Gasteiger partial charge in [-0.3, -0.25) is 0 Å². The number of rotatable bonds is 5. The standard InChI is InChI=1S/C18H25N5/c1-13(2)19-17-12-18(21-14(3)20-17)22-15-6-8-16(9-7-15)23-10-4-5-11-23/h6-9,12-13H,4-5,10-11H2,1-3H3,(H2,19,20,21,22). The lowest BCUT2D eigenvalue weighted by atomic mass is 10.2. The molecule has 0 saturated carbocycles. The first-order chi connectivity index (χ1) is 11.1. The molecule has 0 unspecified atom stereocenters. The molecule has 1 aromatic carbocycles. The average Bonchev–Trinajstić information content (AvgIpc) is 3.01. The number of hydrogen-bond acceptors (Lipinski definition) is 5. The van der Waals surface area contributed by atoms with Crippen molar-refractivity contribution in [2.75, 3.05) is 28.6 Å². The van der Waals surface area contributed by atoms with Crippen molar-refractivity contribution in [3.8, 4) is 0 Å². The zero-order valence-corrected chi connectivity index (χ0v) is 14.1. The molecule has 5 heteroatoms. The van der Waals surface area contributed by atoms with Gasteiger partial charge in [-0.15, -0.1) is 0 Å². The topological polar surface area (TPSA) is 53.1 Å². The molecule has 0 bridgehead atoms. The Morgan fingerprint density at radius 2 is 1.65 bits per heavy atom. The highest BCUT2D eigenvalue weighted by atomic mass is 15.1. The number of benzene rings is 1. The summed E-state index contributed by atoms with van der Waals surface area (Å²) in [7, 11) is 0. The average molecular weight is 311 g/mol. The highest BCUT2D eigenvalue weighted by Crippen LogP contribution is 2.24. The molecule has 0 atom stereocenters. The molecule has 5 nitrogen and oxygen atoms in total. The number of nitrogens with one attached hydrogen (secondary N) is 2. The Labute approximate surface area is 138 Å². The van der Waals surface area contributed by atoms with Crippen LogP contribution in [0.15, 0.2) is 30.3 Å². The summed E-state index contributed by atoms with van der Waals surface area (Å²) in [5, 5.41) is 6.69. The van der Waals surface area contributed by atoms with Gasteiger partial charge in [0.25, 0.3) is 0 Å². The summed E-state index contributed by atoms with van der Waals surface area (Å²) in [6.07, 6.45) is 2.59. The van der Waals surface area contributed by atoms with Crippen molar-refractivity contribution in [3.05, 3.63) is 36.2 Å². The van der Waals surface area contributed by atoms with Crippen molar-refractivity contribution in [1.82, 2.24) is 9.97 Å². The maximum Gasteiger partial charge on any atom is 0.136 e. The van der Waals surface area contributed by atoms with E-state index in [1.807, 2.05) is 13.0 Å². The van der Waals surface area contributed by atoms with Gasteiger partial charge in [0.2, 0.25) is 0 Å². The molecule has 3 rings (SSSR count). The molecule has 0 spiro atoms. The van der Waals surface area contributed by atoms with Crippen LogP contribution in [0.25, 0.3) is 0 Å². The minimum atomic E-state index is 0.344. The second-order valence-electron chi connectivity index (χ2n) is 6.35. The largest absolute Gasteiger partial charge is 0.372 e. The molecule has 122 valence electrons. The lowest BCUT2D eigenvalue weighted by Gasteiger charge is -2.18. The lowest BCUT2D eigenvalue weighted by molar-refractivity contribution is 0.881. The molecule has 1 aliphatic heterocycles. The third-order valence-corrected chi connectivity index (χ3v) is 3.89. The Hall–Kier alpha value is -2.30. The van der Waals surface area contributed by atoms with Gasteiger partial charge in [0.1, 0.15) is 17.5 Å². The van der Waals surface area contributed by atoms with Crippen LogP contribution in [-0.2, 0) is 0 Å². The molecular weight excluding hydrogens is 286 g/mol. The summed E-state index contributed by atoms with van der Waals surface area (Å²) in [5.74, 6) is 2.42. The van der Waals surface area contributed by atoms with Crippen LogP contribution in [0.2, 0.25) is 0 Å². The van der Waals surface area contributed by atoms with Crippen LogP contribution in [0.4, 0.5) is 23.0 Å². The van der Waals surface area contributed by atoms with Gasteiger partial charge >= 0.3 is 0 Å². The molecule has 2 heterocycles. The second kappa shape index (κ2) is 6.86. The number of hydrogen-bond donors (Lipinski definition) is 2. The Morgan fingerprint density at radius 3 is 2.30 bits per heavy atom. The van der Waals surface area contributed by atoms with E-state index in [-0.39, 0.29) is 0 Å². The summed E-state index contributed by atoms with van der Waals surface area (Å²) in [6.45, 7) is 8.45. The van der Waals surface area contributed by atoms with E-state index in [1.54, 1.807) is 0 Å². The third-order valence-electron chi connectivity index (χ3n) is 3.89. The van der Waals surface area contributed by atoms with E-state index < -0.39 is 0 Å². The van der Waals surface area contributed by atoms with Crippen LogP contribution in [0.5, 0.6) is 0 Å². The van der Waals surface area contributed by atoms with E-state index >= 15 is 0 Å². The van der Waals surface area contributed by atoms with Crippen LogP contribution in [0, 0.1) is 6.92 Å². The van der Waals surface area contributed by atoms with Gasteiger partial charge in [-0.1, -0.05) is 0 Å². The fourth-order valence-electron chi connectivity index (χ4n) is 2.88. The van der Waals surface area contributed by atoms with Crippen molar-refractivity contribution in [2.45, 2.75) is 39.7 Å². The van der Waals surface area contributed by atoms with Gasteiger partial charge in [0, 0.05) is 36.6 Å². The van der Waals surface area contributed by atoms with Crippen LogP contribution in [-0.4, -0.2) is 29.1 Å².